The van der Waals surface area contributed by atoms with Crippen LogP contribution in [0.15, 0.2) is 0 Å². The predicted molar refractivity (Wildman–Crippen MR) is 49.6 cm³/mol. The summed E-state index contributed by atoms with van der Waals surface area (Å²) in [7, 11) is 0. The van der Waals surface area contributed by atoms with E-state index in [4.69, 9.17) is 0 Å². The molecule has 0 amide bonds. The van der Waals surface area contributed by atoms with Gasteiger partial charge in [0.1, 0.15) is 0 Å². The van der Waals surface area contributed by atoms with Crippen molar-refractivity contribution in [2.24, 2.45) is 5.92 Å². The third-order valence-electron chi connectivity index (χ3n) is 2.91. The Morgan fingerprint density at radius 3 is 1.90 bits per heavy atom. The monoisotopic (exact) mass is 158 g/mol. The van der Waals surface area contributed by atoms with Gasteiger partial charge in [-0.3, -0.25) is 0 Å². The molecule has 0 spiro atoms. The summed E-state index contributed by atoms with van der Waals surface area (Å²) in [6, 6.07) is 0. The van der Waals surface area contributed by atoms with Crippen molar-refractivity contribution >= 4 is 11.8 Å². The smallest absolute Gasteiger partial charge is 0.0180 e. The molecule has 1 heteroatoms. The van der Waals surface area contributed by atoms with Crippen LogP contribution in [0.2, 0.25) is 0 Å². The lowest BCUT2D eigenvalue weighted by Crippen LogP contribution is -2.26. The van der Waals surface area contributed by atoms with Crippen molar-refractivity contribution in [3.63, 3.8) is 0 Å². The Morgan fingerprint density at radius 1 is 1.20 bits per heavy atom. The first kappa shape index (κ1) is 8.45. The van der Waals surface area contributed by atoms with Gasteiger partial charge in [-0.25, -0.2) is 0 Å². The molecule has 0 nitrogen and oxygen atoms in total. The Bertz CT molecular complexity index is 101. The summed E-state index contributed by atoms with van der Waals surface area (Å²) >= 11 is 2.09. The first-order valence-electron chi connectivity index (χ1n) is 4.26. The normalized spacial score (nSPS) is 24.0. The molecule has 0 aromatic carbocycles. The van der Waals surface area contributed by atoms with Crippen LogP contribution in [0.3, 0.4) is 0 Å². The van der Waals surface area contributed by atoms with Gasteiger partial charge in [-0.05, 0) is 25.0 Å². The third-order valence-corrected chi connectivity index (χ3v) is 4.60. The van der Waals surface area contributed by atoms with Gasteiger partial charge in [-0.15, -0.1) is 0 Å². The van der Waals surface area contributed by atoms with Gasteiger partial charge in [0.15, 0.2) is 0 Å². The first-order valence-corrected chi connectivity index (χ1v) is 5.49. The van der Waals surface area contributed by atoms with E-state index >= 15 is 0 Å². The second kappa shape index (κ2) is 3.17. The number of hydrogen-bond acceptors (Lipinski definition) is 1. The molecule has 1 rings (SSSR count). The highest BCUT2D eigenvalue weighted by Crippen LogP contribution is 2.45. The molecule has 0 atom stereocenters. The molecule has 0 N–H and O–H groups in total. The highest BCUT2D eigenvalue weighted by atomic mass is 32.2. The fraction of sp³-hybridized carbons (Fsp3) is 1.00. The Kier molecular flexibility index (Phi) is 2.67. The molecule has 0 saturated heterocycles. The summed E-state index contributed by atoms with van der Waals surface area (Å²) < 4.78 is 0.653. The second-order valence-electron chi connectivity index (χ2n) is 3.63. The van der Waals surface area contributed by atoms with E-state index in [1.165, 1.54) is 25.7 Å². The molecule has 1 fully saturated rings. The van der Waals surface area contributed by atoms with Crippen LogP contribution < -0.4 is 0 Å². The lowest BCUT2D eigenvalue weighted by atomic mass is 9.93. The first-order chi connectivity index (χ1) is 4.71. The maximum absolute atomic E-state index is 2.36. The number of rotatable bonds is 2. The molecule has 60 valence electrons. The molecule has 0 bridgehead atoms. The fourth-order valence-electron chi connectivity index (χ4n) is 1.99. The lowest BCUT2D eigenvalue weighted by Gasteiger charge is -2.31. The van der Waals surface area contributed by atoms with Gasteiger partial charge in [0.05, 0.1) is 0 Å². The summed E-state index contributed by atoms with van der Waals surface area (Å²) in [6.45, 7) is 4.73. The van der Waals surface area contributed by atoms with E-state index in [9.17, 15) is 0 Å². The van der Waals surface area contributed by atoms with E-state index in [0.717, 1.165) is 5.92 Å². The number of thioether (sulfide) groups is 1. The molecule has 0 aromatic rings. The molecule has 0 aliphatic heterocycles. The van der Waals surface area contributed by atoms with Gasteiger partial charge in [0.25, 0.3) is 0 Å². The Hall–Kier alpha value is 0.350. The summed E-state index contributed by atoms with van der Waals surface area (Å²) in [6.07, 6.45) is 8.08. The van der Waals surface area contributed by atoms with E-state index in [2.05, 4.69) is 31.9 Å². The molecule has 10 heavy (non-hydrogen) atoms. The van der Waals surface area contributed by atoms with Crippen LogP contribution >= 0.6 is 11.8 Å². The Morgan fingerprint density at radius 2 is 1.70 bits per heavy atom. The molecular formula is C9H18S. The number of hydrogen-bond donors (Lipinski definition) is 0. The summed E-state index contributed by atoms with van der Waals surface area (Å²) in [5, 5.41) is 0. The van der Waals surface area contributed by atoms with Crippen molar-refractivity contribution in [2.75, 3.05) is 6.26 Å². The van der Waals surface area contributed by atoms with Crippen molar-refractivity contribution in [3.05, 3.63) is 0 Å². The third kappa shape index (κ3) is 1.34. The average molecular weight is 158 g/mol. The summed E-state index contributed by atoms with van der Waals surface area (Å²) in [5.74, 6) is 0.866. The van der Waals surface area contributed by atoms with E-state index in [-0.39, 0.29) is 0 Å². The van der Waals surface area contributed by atoms with Crippen LogP contribution in [0.1, 0.15) is 39.5 Å². The van der Waals surface area contributed by atoms with Gasteiger partial charge < -0.3 is 0 Å². The maximum Gasteiger partial charge on any atom is 0.0180 e. The van der Waals surface area contributed by atoms with Gasteiger partial charge in [-0.1, -0.05) is 26.7 Å². The van der Waals surface area contributed by atoms with Crippen molar-refractivity contribution in [1.29, 1.82) is 0 Å². The van der Waals surface area contributed by atoms with Crippen molar-refractivity contribution in [1.82, 2.24) is 0 Å². The second-order valence-corrected chi connectivity index (χ2v) is 4.85. The molecule has 1 aliphatic carbocycles. The van der Waals surface area contributed by atoms with Crippen molar-refractivity contribution < 1.29 is 0 Å². The van der Waals surface area contributed by atoms with Crippen molar-refractivity contribution in [2.45, 2.75) is 44.3 Å². The van der Waals surface area contributed by atoms with Gasteiger partial charge in [0, 0.05) is 4.75 Å². The van der Waals surface area contributed by atoms with E-state index in [0.29, 0.717) is 4.75 Å². The van der Waals surface area contributed by atoms with Crippen LogP contribution in [-0.2, 0) is 0 Å². The predicted octanol–water partition coefficient (Wildman–Crippen LogP) is 3.32. The maximum atomic E-state index is 2.36. The molecule has 1 saturated carbocycles. The van der Waals surface area contributed by atoms with Crippen LogP contribution in [-0.4, -0.2) is 11.0 Å². The zero-order valence-electron chi connectivity index (χ0n) is 7.31. The van der Waals surface area contributed by atoms with Crippen LogP contribution in [0.4, 0.5) is 0 Å². The molecule has 0 radical (unpaired) electrons. The largest absolute Gasteiger partial charge is 0.158 e. The van der Waals surface area contributed by atoms with E-state index in [1.54, 1.807) is 0 Å². The molecule has 0 aromatic heterocycles. The quantitative estimate of drug-likeness (QED) is 0.594. The van der Waals surface area contributed by atoms with E-state index < -0.39 is 0 Å². The van der Waals surface area contributed by atoms with Crippen LogP contribution in [0, 0.1) is 5.92 Å². The standard InChI is InChI=1S/C9H18S/c1-8(2)9(10-3)6-4-5-7-9/h8H,4-7H2,1-3H3. The van der Waals surface area contributed by atoms with Crippen LogP contribution in [0.25, 0.3) is 0 Å². The summed E-state index contributed by atoms with van der Waals surface area (Å²) in [4.78, 5) is 0. The minimum atomic E-state index is 0.653. The molecular weight excluding hydrogens is 140 g/mol. The van der Waals surface area contributed by atoms with Gasteiger partial charge in [-0.2, -0.15) is 11.8 Å². The minimum Gasteiger partial charge on any atom is -0.158 e. The Balaban J connectivity index is 2.58. The lowest BCUT2D eigenvalue weighted by molar-refractivity contribution is 0.445. The zero-order valence-corrected chi connectivity index (χ0v) is 8.13. The van der Waals surface area contributed by atoms with Crippen molar-refractivity contribution in [3.8, 4) is 0 Å². The minimum absolute atomic E-state index is 0.653. The highest BCUT2D eigenvalue weighted by molar-refractivity contribution is 8.00. The van der Waals surface area contributed by atoms with Gasteiger partial charge in [0.2, 0.25) is 0 Å². The average Bonchev–Trinajstić information content (AvgIpc) is 2.35. The molecule has 1 aliphatic rings. The SMILES string of the molecule is CSC1(C(C)C)CCCC1. The molecule has 0 heterocycles. The highest BCUT2D eigenvalue weighted by Gasteiger charge is 2.35. The topological polar surface area (TPSA) is 0 Å². The summed E-state index contributed by atoms with van der Waals surface area (Å²) in [5.41, 5.74) is 0. The Labute approximate surface area is 68.8 Å². The van der Waals surface area contributed by atoms with E-state index in [1.807, 2.05) is 0 Å². The molecule has 0 unspecified atom stereocenters. The van der Waals surface area contributed by atoms with Crippen LogP contribution in [0.5, 0.6) is 0 Å². The van der Waals surface area contributed by atoms with Gasteiger partial charge >= 0.3 is 0 Å². The fourth-order valence-corrected chi connectivity index (χ4v) is 3.16. The zero-order chi connectivity index (χ0) is 7.61.